The van der Waals surface area contributed by atoms with E-state index in [4.69, 9.17) is 9.73 Å². The zero-order valence-corrected chi connectivity index (χ0v) is 18.1. The molecule has 0 N–H and O–H groups in total. The lowest BCUT2D eigenvalue weighted by Crippen LogP contribution is -2.41. The summed E-state index contributed by atoms with van der Waals surface area (Å²) in [6, 6.07) is 4.62. The molecule has 1 aliphatic heterocycles. The summed E-state index contributed by atoms with van der Waals surface area (Å²) in [5.74, 6) is 0.0588. The zero-order chi connectivity index (χ0) is 20.4. The lowest BCUT2D eigenvalue weighted by atomic mass is 10.0. The average molecular weight is 399 g/mol. The van der Waals surface area contributed by atoms with Gasteiger partial charge in [-0.05, 0) is 90.2 Å². The number of amides is 1. The maximum Gasteiger partial charge on any atom is 0.410 e. The van der Waals surface area contributed by atoms with Crippen LogP contribution in [0.15, 0.2) is 23.3 Å². The number of hydrogen-bond donors (Lipinski definition) is 0. The normalized spacial score (nSPS) is 22.6. The molecule has 6 heteroatoms. The number of likely N-dealkylation sites (tertiary alicyclic amines) is 1. The van der Waals surface area contributed by atoms with E-state index < -0.39 is 5.60 Å². The Hall–Kier alpha value is -1.95. The number of aromatic nitrogens is 1. The zero-order valence-electron chi connectivity index (χ0n) is 18.1. The van der Waals surface area contributed by atoms with Gasteiger partial charge in [0.05, 0.1) is 23.4 Å². The first kappa shape index (κ1) is 20.3. The Morgan fingerprint density at radius 3 is 2.76 bits per heavy atom. The molecule has 1 saturated carbocycles. The first-order valence-electron chi connectivity index (χ1n) is 11.1. The molecular formula is C23H34N4O2. The van der Waals surface area contributed by atoms with Crippen LogP contribution in [0.1, 0.15) is 70.1 Å². The van der Waals surface area contributed by atoms with Crippen molar-refractivity contribution in [2.45, 2.75) is 70.4 Å². The first-order chi connectivity index (χ1) is 13.9. The molecule has 1 aromatic rings. The van der Waals surface area contributed by atoms with E-state index in [1.54, 1.807) is 0 Å². The first-order valence-corrected chi connectivity index (χ1v) is 11.1. The standard InChI is InChI=1S/C23H34N4O2/c1-23(2,3)29-22(28)27(14-5-4-11-26-12-6-13-26)16-19-20-15-17(9-10-24-20)21(19)25-18-7-8-18/h9-10,15,18-19H,4-8,11-14,16H2,1-3H3. The molecule has 6 nitrogen and oxygen atoms in total. The van der Waals surface area contributed by atoms with Crippen molar-refractivity contribution in [3.05, 3.63) is 29.6 Å². The summed E-state index contributed by atoms with van der Waals surface area (Å²) in [6.07, 6.45) is 7.39. The number of carbonyl (C=O) groups is 1. The van der Waals surface area contributed by atoms with Gasteiger partial charge in [0.2, 0.25) is 0 Å². The van der Waals surface area contributed by atoms with E-state index in [0.717, 1.165) is 36.4 Å². The van der Waals surface area contributed by atoms with Gasteiger partial charge in [-0.2, -0.15) is 0 Å². The van der Waals surface area contributed by atoms with E-state index in [-0.39, 0.29) is 12.0 Å². The molecule has 1 aromatic heterocycles. The third-order valence-electron chi connectivity index (χ3n) is 5.79. The Kier molecular flexibility index (Phi) is 5.91. The second-order valence-corrected chi connectivity index (χ2v) is 9.60. The minimum Gasteiger partial charge on any atom is -0.444 e. The van der Waals surface area contributed by atoms with E-state index >= 15 is 0 Å². The molecule has 1 unspecified atom stereocenters. The summed E-state index contributed by atoms with van der Waals surface area (Å²) in [5, 5.41) is 0. The van der Waals surface area contributed by atoms with Crippen molar-refractivity contribution in [2.24, 2.45) is 4.99 Å². The van der Waals surface area contributed by atoms with Gasteiger partial charge in [-0.3, -0.25) is 9.98 Å². The minimum absolute atomic E-state index is 0.0588. The lowest BCUT2D eigenvalue weighted by Gasteiger charge is -2.32. The van der Waals surface area contributed by atoms with Crippen molar-refractivity contribution >= 4 is 11.8 Å². The molecule has 2 heterocycles. The van der Waals surface area contributed by atoms with E-state index in [1.165, 1.54) is 32.4 Å². The summed E-state index contributed by atoms with van der Waals surface area (Å²) < 4.78 is 5.72. The quantitative estimate of drug-likeness (QED) is 0.624. The van der Waals surface area contributed by atoms with Crippen molar-refractivity contribution in [3.8, 4) is 0 Å². The average Bonchev–Trinajstić information content (AvgIpc) is 3.40. The Labute approximate surface area is 174 Å². The maximum absolute atomic E-state index is 13.0. The molecule has 4 rings (SSSR count). The number of pyridine rings is 1. The largest absolute Gasteiger partial charge is 0.444 e. The highest BCUT2D eigenvalue weighted by Crippen LogP contribution is 2.33. The van der Waals surface area contributed by atoms with Crippen LogP contribution in [0, 0.1) is 0 Å². The van der Waals surface area contributed by atoms with Gasteiger partial charge in [0.25, 0.3) is 0 Å². The van der Waals surface area contributed by atoms with Gasteiger partial charge in [-0.15, -0.1) is 0 Å². The lowest BCUT2D eigenvalue weighted by molar-refractivity contribution is 0.0242. The highest BCUT2D eigenvalue weighted by atomic mass is 16.6. The summed E-state index contributed by atoms with van der Waals surface area (Å²) >= 11 is 0. The molecule has 158 valence electrons. The molecule has 3 aliphatic rings. The molecule has 0 radical (unpaired) electrons. The van der Waals surface area contributed by atoms with Crippen LogP contribution in [-0.2, 0) is 4.74 Å². The van der Waals surface area contributed by atoms with Gasteiger partial charge < -0.3 is 14.5 Å². The van der Waals surface area contributed by atoms with Crippen LogP contribution in [-0.4, -0.2) is 71.0 Å². The fourth-order valence-electron chi connectivity index (χ4n) is 3.93. The van der Waals surface area contributed by atoms with Crippen LogP contribution < -0.4 is 0 Å². The van der Waals surface area contributed by atoms with Crippen LogP contribution in [0.25, 0.3) is 0 Å². The van der Waals surface area contributed by atoms with Crippen LogP contribution in [0.3, 0.4) is 0 Å². The number of rotatable bonds is 8. The highest BCUT2D eigenvalue weighted by Gasteiger charge is 2.34. The maximum atomic E-state index is 13.0. The van der Waals surface area contributed by atoms with Crippen LogP contribution in [0.4, 0.5) is 4.79 Å². The van der Waals surface area contributed by atoms with Gasteiger partial charge in [0, 0.05) is 19.3 Å². The SMILES string of the molecule is CC(C)(C)OC(=O)N(CCCCN1CCC1)CC1C(=NC2CC2)c2ccnc1c2. The summed E-state index contributed by atoms with van der Waals surface area (Å²) in [5.41, 5.74) is 2.79. The third kappa shape index (κ3) is 5.35. The molecule has 0 aromatic carbocycles. The molecule has 1 saturated heterocycles. The van der Waals surface area contributed by atoms with Crippen molar-refractivity contribution in [1.82, 2.24) is 14.8 Å². The van der Waals surface area contributed by atoms with Crippen molar-refractivity contribution < 1.29 is 9.53 Å². The molecule has 1 atom stereocenters. The molecule has 2 bridgehead atoms. The predicted molar refractivity (Wildman–Crippen MR) is 115 cm³/mol. The molecule has 2 fully saturated rings. The summed E-state index contributed by atoms with van der Waals surface area (Å²) in [4.78, 5) is 26.8. The van der Waals surface area contributed by atoms with Gasteiger partial charge >= 0.3 is 6.09 Å². The summed E-state index contributed by atoms with van der Waals surface area (Å²) in [7, 11) is 0. The Morgan fingerprint density at radius 2 is 2.10 bits per heavy atom. The van der Waals surface area contributed by atoms with Crippen LogP contribution >= 0.6 is 0 Å². The van der Waals surface area contributed by atoms with Crippen molar-refractivity contribution in [2.75, 3.05) is 32.7 Å². The summed E-state index contributed by atoms with van der Waals surface area (Å²) in [6.45, 7) is 10.6. The van der Waals surface area contributed by atoms with E-state index in [1.807, 2.05) is 37.9 Å². The van der Waals surface area contributed by atoms with Crippen molar-refractivity contribution in [1.29, 1.82) is 0 Å². The van der Waals surface area contributed by atoms with Gasteiger partial charge in [0.1, 0.15) is 5.60 Å². The van der Waals surface area contributed by atoms with Crippen molar-refractivity contribution in [3.63, 3.8) is 0 Å². The minimum atomic E-state index is -0.497. The van der Waals surface area contributed by atoms with E-state index in [2.05, 4.69) is 16.0 Å². The second kappa shape index (κ2) is 8.42. The Balaban J connectivity index is 1.43. The van der Waals surface area contributed by atoms with E-state index in [9.17, 15) is 4.79 Å². The number of hydrogen-bond acceptors (Lipinski definition) is 5. The highest BCUT2D eigenvalue weighted by molar-refractivity contribution is 6.08. The number of aliphatic imine (C=N–C) groups is 1. The molecule has 1 amide bonds. The molecule has 29 heavy (non-hydrogen) atoms. The number of ether oxygens (including phenoxy) is 1. The van der Waals surface area contributed by atoms with Gasteiger partial charge in [0.15, 0.2) is 0 Å². The predicted octanol–water partition coefficient (Wildman–Crippen LogP) is 3.85. The molecular weight excluding hydrogens is 364 g/mol. The Morgan fingerprint density at radius 1 is 1.31 bits per heavy atom. The smallest absolute Gasteiger partial charge is 0.410 e. The van der Waals surface area contributed by atoms with E-state index in [0.29, 0.717) is 19.1 Å². The fourth-order valence-corrected chi connectivity index (χ4v) is 3.93. The Bertz CT molecular complexity index is 762. The van der Waals surface area contributed by atoms with Gasteiger partial charge in [-0.25, -0.2) is 4.79 Å². The topological polar surface area (TPSA) is 58.0 Å². The number of unbranched alkanes of at least 4 members (excludes halogenated alkanes) is 1. The monoisotopic (exact) mass is 398 g/mol. The number of nitrogens with zero attached hydrogens (tertiary/aromatic N) is 4. The van der Waals surface area contributed by atoms with Crippen LogP contribution in [0.2, 0.25) is 0 Å². The molecule has 2 aliphatic carbocycles. The number of carbonyl (C=O) groups excluding carboxylic acids is 1. The third-order valence-corrected chi connectivity index (χ3v) is 5.79. The fraction of sp³-hybridized carbons (Fsp3) is 0.696. The second-order valence-electron chi connectivity index (χ2n) is 9.60. The van der Waals surface area contributed by atoms with Gasteiger partial charge in [-0.1, -0.05) is 0 Å². The van der Waals surface area contributed by atoms with Crippen LogP contribution in [0.5, 0.6) is 0 Å². The number of fused-ring (bicyclic) bond motifs is 2. The molecule has 0 spiro atoms.